The first-order valence-corrected chi connectivity index (χ1v) is 6.89. The molecular formula is C15H28. The molecule has 5 unspecified atom stereocenters. The van der Waals surface area contributed by atoms with Crippen LogP contribution in [0.3, 0.4) is 0 Å². The maximum Gasteiger partial charge on any atom is -0.0332 e. The van der Waals surface area contributed by atoms with Crippen molar-refractivity contribution in [3.8, 4) is 0 Å². The molecule has 0 bridgehead atoms. The Hall–Kier alpha value is 0. The molecule has 0 aromatic carbocycles. The summed E-state index contributed by atoms with van der Waals surface area (Å²) in [5.74, 6) is 5.06. The third-order valence-corrected chi connectivity index (χ3v) is 5.20. The molecule has 2 rings (SSSR count). The Morgan fingerprint density at radius 1 is 0.867 bits per heavy atom. The Labute approximate surface area is 95.8 Å². The van der Waals surface area contributed by atoms with Gasteiger partial charge in [-0.1, -0.05) is 41.0 Å². The quantitative estimate of drug-likeness (QED) is 0.539. The molecule has 0 aromatic heterocycles. The number of hydrogen-bond donors (Lipinski definition) is 0. The highest BCUT2D eigenvalue weighted by Crippen LogP contribution is 2.54. The van der Waals surface area contributed by atoms with Crippen LogP contribution in [0, 0.1) is 35.0 Å². The molecule has 2 saturated carbocycles. The molecule has 2 fully saturated rings. The lowest BCUT2D eigenvalue weighted by atomic mass is 9.60. The van der Waals surface area contributed by atoms with Crippen LogP contribution in [0.15, 0.2) is 0 Å². The Balaban J connectivity index is 2.18. The number of hydrogen-bond acceptors (Lipinski definition) is 0. The predicted octanol–water partition coefficient (Wildman–Crippen LogP) is 4.74. The molecule has 0 heteroatoms. The van der Waals surface area contributed by atoms with Gasteiger partial charge in [0.25, 0.3) is 0 Å². The molecule has 0 amide bonds. The van der Waals surface area contributed by atoms with Crippen LogP contribution in [-0.4, -0.2) is 0 Å². The summed E-state index contributed by atoms with van der Waals surface area (Å²) in [5, 5.41) is 0. The van der Waals surface area contributed by atoms with Crippen LogP contribution in [0.5, 0.6) is 0 Å². The summed E-state index contributed by atoms with van der Waals surface area (Å²) < 4.78 is 0. The van der Waals surface area contributed by atoms with E-state index >= 15 is 0 Å². The fourth-order valence-electron chi connectivity index (χ4n) is 4.38. The van der Waals surface area contributed by atoms with Crippen LogP contribution in [0.4, 0.5) is 0 Å². The van der Waals surface area contributed by atoms with E-state index in [4.69, 9.17) is 0 Å². The summed E-state index contributed by atoms with van der Waals surface area (Å²) in [4.78, 5) is 0. The lowest BCUT2D eigenvalue weighted by molar-refractivity contribution is 0.0412. The first kappa shape index (κ1) is 11.5. The van der Waals surface area contributed by atoms with Gasteiger partial charge in [0.2, 0.25) is 0 Å². The minimum absolute atomic E-state index is 0.529. The van der Waals surface area contributed by atoms with Gasteiger partial charge in [0.05, 0.1) is 0 Å². The SMILES string of the molecule is CC1CC2C(C)CCC2C(C(C)(C)C)C1. The van der Waals surface area contributed by atoms with E-state index in [-0.39, 0.29) is 0 Å². The van der Waals surface area contributed by atoms with Crippen molar-refractivity contribution < 1.29 is 0 Å². The standard InChI is InChI=1S/C15H28/c1-10-8-13-11(2)6-7-12(13)14(9-10)15(3,4)5/h10-14H,6-9H2,1-5H3. The van der Waals surface area contributed by atoms with Crippen LogP contribution in [0.1, 0.15) is 60.3 Å². The molecule has 88 valence electrons. The van der Waals surface area contributed by atoms with Crippen molar-refractivity contribution in [3.05, 3.63) is 0 Å². The smallest absolute Gasteiger partial charge is 0.0332 e. The molecule has 0 aromatic rings. The van der Waals surface area contributed by atoms with E-state index in [0.717, 1.165) is 29.6 Å². The van der Waals surface area contributed by atoms with Crippen LogP contribution in [-0.2, 0) is 0 Å². The number of rotatable bonds is 0. The summed E-state index contributed by atoms with van der Waals surface area (Å²) in [6.45, 7) is 12.3. The largest absolute Gasteiger partial charge is 0.0625 e. The summed E-state index contributed by atoms with van der Waals surface area (Å²) in [6, 6.07) is 0. The predicted molar refractivity (Wildman–Crippen MR) is 66.7 cm³/mol. The normalized spacial score (nSPS) is 46.6. The summed E-state index contributed by atoms with van der Waals surface area (Å²) in [7, 11) is 0. The van der Waals surface area contributed by atoms with Gasteiger partial charge in [-0.3, -0.25) is 0 Å². The second kappa shape index (κ2) is 3.79. The van der Waals surface area contributed by atoms with Crippen molar-refractivity contribution in [3.63, 3.8) is 0 Å². The molecule has 0 radical (unpaired) electrons. The zero-order valence-corrected chi connectivity index (χ0v) is 11.2. The first-order chi connectivity index (χ1) is 6.89. The Morgan fingerprint density at radius 3 is 2.13 bits per heavy atom. The lowest BCUT2D eigenvalue weighted by Gasteiger charge is -2.45. The summed E-state index contributed by atoms with van der Waals surface area (Å²) in [5.41, 5.74) is 0.529. The molecule has 5 atom stereocenters. The van der Waals surface area contributed by atoms with E-state index in [2.05, 4.69) is 34.6 Å². The summed E-state index contributed by atoms with van der Waals surface area (Å²) in [6.07, 6.45) is 6.00. The monoisotopic (exact) mass is 208 g/mol. The van der Waals surface area contributed by atoms with E-state index in [0.29, 0.717) is 5.41 Å². The average Bonchev–Trinajstić information content (AvgIpc) is 2.45. The second-order valence-corrected chi connectivity index (χ2v) is 7.43. The van der Waals surface area contributed by atoms with Gasteiger partial charge in [-0.15, -0.1) is 0 Å². The maximum absolute atomic E-state index is 2.49. The topological polar surface area (TPSA) is 0 Å². The average molecular weight is 208 g/mol. The second-order valence-electron chi connectivity index (χ2n) is 7.43. The van der Waals surface area contributed by atoms with Crippen LogP contribution >= 0.6 is 0 Å². The van der Waals surface area contributed by atoms with E-state index < -0.39 is 0 Å². The third kappa shape index (κ3) is 2.10. The van der Waals surface area contributed by atoms with Gasteiger partial charge in [-0.2, -0.15) is 0 Å². The van der Waals surface area contributed by atoms with E-state index in [1.807, 2.05) is 0 Å². The van der Waals surface area contributed by atoms with Crippen molar-refractivity contribution >= 4 is 0 Å². The zero-order valence-electron chi connectivity index (χ0n) is 11.2. The minimum atomic E-state index is 0.529. The molecule has 2 aliphatic rings. The molecule has 0 N–H and O–H groups in total. The van der Waals surface area contributed by atoms with Gasteiger partial charge in [0, 0.05) is 0 Å². The molecule has 0 nitrogen and oxygen atoms in total. The van der Waals surface area contributed by atoms with Gasteiger partial charge in [0.15, 0.2) is 0 Å². The molecule has 0 spiro atoms. The van der Waals surface area contributed by atoms with Gasteiger partial charge in [-0.05, 0) is 54.3 Å². The van der Waals surface area contributed by atoms with Gasteiger partial charge >= 0.3 is 0 Å². The van der Waals surface area contributed by atoms with Crippen molar-refractivity contribution in [1.29, 1.82) is 0 Å². The highest BCUT2D eigenvalue weighted by molar-refractivity contribution is 4.95. The van der Waals surface area contributed by atoms with Crippen molar-refractivity contribution in [2.45, 2.75) is 60.3 Å². The molecular weight excluding hydrogens is 180 g/mol. The highest BCUT2D eigenvalue weighted by Gasteiger charge is 2.46. The fraction of sp³-hybridized carbons (Fsp3) is 1.00. The van der Waals surface area contributed by atoms with E-state index in [9.17, 15) is 0 Å². The van der Waals surface area contributed by atoms with Crippen LogP contribution in [0.25, 0.3) is 0 Å². The van der Waals surface area contributed by atoms with Gasteiger partial charge in [-0.25, -0.2) is 0 Å². The van der Waals surface area contributed by atoms with E-state index in [1.165, 1.54) is 25.7 Å². The van der Waals surface area contributed by atoms with Crippen LogP contribution < -0.4 is 0 Å². The minimum Gasteiger partial charge on any atom is -0.0625 e. The third-order valence-electron chi connectivity index (χ3n) is 5.20. The lowest BCUT2D eigenvalue weighted by Crippen LogP contribution is -2.37. The highest BCUT2D eigenvalue weighted by atomic mass is 14.5. The van der Waals surface area contributed by atoms with Crippen molar-refractivity contribution in [2.75, 3.05) is 0 Å². The molecule has 0 aliphatic heterocycles. The zero-order chi connectivity index (χ0) is 11.2. The summed E-state index contributed by atoms with van der Waals surface area (Å²) >= 11 is 0. The number of fused-ring (bicyclic) bond motifs is 1. The Morgan fingerprint density at radius 2 is 1.53 bits per heavy atom. The molecule has 15 heavy (non-hydrogen) atoms. The van der Waals surface area contributed by atoms with Gasteiger partial charge < -0.3 is 0 Å². The fourth-order valence-corrected chi connectivity index (χ4v) is 4.38. The van der Waals surface area contributed by atoms with Crippen LogP contribution in [0.2, 0.25) is 0 Å². The van der Waals surface area contributed by atoms with Gasteiger partial charge in [0.1, 0.15) is 0 Å². The molecule has 0 saturated heterocycles. The van der Waals surface area contributed by atoms with E-state index in [1.54, 1.807) is 0 Å². The Kier molecular flexibility index (Phi) is 2.90. The first-order valence-electron chi connectivity index (χ1n) is 6.89. The maximum atomic E-state index is 2.49. The molecule has 2 aliphatic carbocycles. The van der Waals surface area contributed by atoms with Crippen molar-refractivity contribution in [1.82, 2.24) is 0 Å². The molecule has 0 heterocycles. The Bertz CT molecular complexity index is 223. The van der Waals surface area contributed by atoms with Crippen molar-refractivity contribution in [2.24, 2.45) is 35.0 Å².